The molecule has 0 radical (unpaired) electrons. The third kappa shape index (κ3) is 4.08. The molecule has 0 atom stereocenters. The molecule has 1 aliphatic heterocycles. The molecule has 1 heterocycles. The van der Waals surface area contributed by atoms with E-state index in [1.807, 2.05) is 54.6 Å². The molecule has 0 bridgehead atoms. The Morgan fingerprint density at radius 2 is 1.56 bits per heavy atom. The second kappa shape index (κ2) is 9.53. The summed E-state index contributed by atoms with van der Waals surface area (Å²) in [6, 6.07) is 25.9. The predicted molar refractivity (Wildman–Crippen MR) is 130 cm³/mol. The van der Waals surface area contributed by atoms with Gasteiger partial charge in [-0.3, -0.25) is 4.79 Å². The summed E-state index contributed by atoms with van der Waals surface area (Å²) in [5.74, 6) is -0.388. The van der Waals surface area contributed by atoms with Crippen LogP contribution < -0.4 is 5.32 Å². The van der Waals surface area contributed by atoms with Gasteiger partial charge in [0.05, 0.1) is 12.3 Å². The number of hydrogen-bond acceptors (Lipinski definition) is 5. The van der Waals surface area contributed by atoms with Gasteiger partial charge in [0.2, 0.25) is 0 Å². The number of rotatable bonds is 6. The van der Waals surface area contributed by atoms with Crippen molar-refractivity contribution in [2.45, 2.75) is 12.3 Å². The number of fused-ring (bicyclic) bond motifs is 3. The number of benzene rings is 3. The van der Waals surface area contributed by atoms with Crippen LogP contribution in [0, 0.1) is 0 Å². The van der Waals surface area contributed by atoms with Crippen LogP contribution in [0.25, 0.3) is 11.1 Å². The van der Waals surface area contributed by atoms with Gasteiger partial charge in [-0.15, -0.1) is 0 Å². The first-order valence-corrected chi connectivity index (χ1v) is 11.4. The number of para-hydroxylation sites is 1. The number of imide groups is 1. The fourth-order valence-electron chi connectivity index (χ4n) is 4.76. The smallest absolute Gasteiger partial charge is 0.416 e. The Labute approximate surface area is 198 Å². The van der Waals surface area contributed by atoms with E-state index in [1.165, 1.54) is 4.90 Å². The topological polar surface area (TPSA) is 67.9 Å². The molecule has 34 heavy (non-hydrogen) atoms. The van der Waals surface area contributed by atoms with E-state index in [4.69, 9.17) is 9.47 Å². The van der Waals surface area contributed by atoms with E-state index in [9.17, 15) is 9.59 Å². The number of nitrogens with one attached hydrogen (secondary N) is 1. The van der Waals surface area contributed by atoms with Crippen LogP contribution in [0.4, 0.5) is 10.5 Å². The molecule has 2 amide bonds. The van der Waals surface area contributed by atoms with Gasteiger partial charge in [0, 0.05) is 30.8 Å². The number of nitrogens with zero attached hydrogens (tertiary/aromatic N) is 1. The largest absolute Gasteiger partial charge is 0.448 e. The Kier molecular flexibility index (Phi) is 6.14. The first-order valence-electron chi connectivity index (χ1n) is 11.4. The van der Waals surface area contributed by atoms with Crippen molar-refractivity contribution >= 4 is 17.7 Å². The Morgan fingerprint density at radius 3 is 2.21 bits per heavy atom. The van der Waals surface area contributed by atoms with Crippen LogP contribution in [0.3, 0.4) is 0 Å². The van der Waals surface area contributed by atoms with Crippen LogP contribution in [-0.2, 0) is 14.3 Å². The SMILES string of the molecule is COC/C(Nc1ccccc1)=C1/CCN(C(=O)OCC2c3ccccc3-c3ccccc32)C1=O. The third-order valence-corrected chi connectivity index (χ3v) is 6.37. The predicted octanol–water partition coefficient (Wildman–Crippen LogP) is 5.18. The van der Waals surface area contributed by atoms with Crippen molar-refractivity contribution in [2.75, 3.05) is 32.2 Å². The van der Waals surface area contributed by atoms with Crippen LogP contribution >= 0.6 is 0 Å². The molecule has 172 valence electrons. The van der Waals surface area contributed by atoms with Crippen molar-refractivity contribution in [3.05, 3.63) is 101 Å². The van der Waals surface area contributed by atoms with E-state index < -0.39 is 6.09 Å². The summed E-state index contributed by atoms with van der Waals surface area (Å²) >= 11 is 0. The Bertz CT molecular complexity index is 1210. The van der Waals surface area contributed by atoms with E-state index in [1.54, 1.807) is 7.11 Å². The quantitative estimate of drug-likeness (QED) is 0.520. The highest BCUT2D eigenvalue weighted by molar-refractivity contribution is 6.05. The summed E-state index contributed by atoms with van der Waals surface area (Å²) in [6.07, 6.45) is -0.167. The van der Waals surface area contributed by atoms with Gasteiger partial charge in [-0.2, -0.15) is 0 Å². The van der Waals surface area contributed by atoms with Crippen molar-refractivity contribution < 1.29 is 19.1 Å². The summed E-state index contributed by atoms with van der Waals surface area (Å²) in [5, 5.41) is 3.27. The van der Waals surface area contributed by atoms with Gasteiger partial charge in [-0.25, -0.2) is 9.69 Å². The zero-order valence-electron chi connectivity index (χ0n) is 19.0. The second-order valence-electron chi connectivity index (χ2n) is 8.39. The van der Waals surface area contributed by atoms with Gasteiger partial charge in [0.15, 0.2) is 0 Å². The monoisotopic (exact) mass is 454 g/mol. The minimum absolute atomic E-state index is 0.0483. The number of amides is 2. The molecule has 0 spiro atoms. The van der Waals surface area contributed by atoms with E-state index in [-0.39, 0.29) is 31.6 Å². The summed E-state index contributed by atoms with van der Waals surface area (Å²) in [4.78, 5) is 27.2. The summed E-state index contributed by atoms with van der Waals surface area (Å²) in [5.41, 5.74) is 6.66. The standard InChI is InChI=1S/C28H26N2O4/c1-33-18-26(29-19-9-3-2-4-10-19)24-15-16-30(27(24)31)28(32)34-17-25-22-13-7-5-11-20(22)21-12-6-8-14-23(21)25/h2-14,25,29H,15-18H2,1H3/b26-24+. The van der Waals surface area contributed by atoms with E-state index in [0.29, 0.717) is 17.7 Å². The molecule has 6 heteroatoms. The average molecular weight is 455 g/mol. The number of carbonyl (C=O) groups excluding carboxylic acids is 2. The van der Waals surface area contributed by atoms with Crippen LogP contribution in [0.15, 0.2) is 90.1 Å². The maximum Gasteiger partial charge on any atom is 0.416 e. The fraction of sp³-hybridized carbons (Fsp3) is 0.214. The number of hydrogen-bond donors (Lipinski definition) is 1. The molecule has 3 aromatic carbocycles. The van der Waals surface area contributed by atoms with Crippen molar-refractivity contribution in [1.29, 1.82) is 0 Å². The van der Waals surface area contributed by atoms with Gasteiger partial charge in [-0.1, -0.05) is 66.7 Å². The minimum Gasteiger partial charge on any atom is -0.448 e. The van der Waals surface area contributed by atoms with Crippen LogP contribution in [0.2, 0.25) is 0 Å². The number of ether oxygens (including phenoxy) is 2. The Balaban J connectivity index is 1.31. The van der Waals surface area contributed by atoms with Gasteiger partial charge in [-0.05, 0) is 40.8 Å². The summed E-state index contributed by atoms with van der Waals surface area (Å²) in [6.45, 7) is 0.714. The molecule has 2 aliphatic rings. The normalized spacial score (nSPS) is 16.3. The molecule has 1 fully saturated rings. The molecule has 5 rings (SSSR count). The Morgan fingerprint density at radius 1 is 0.941 bits per heavy atom. The van der Waals surface area contributed by atoms with Crippen molar-refractivity contribution in [2.24, 2.45) is 0 Å². The van der Waals surface area contributed by atoms with Crippen molar-refractivity contribution in [3.63, 3.8) is 0 Å². The average Bonchev–Trinajstić information content (AvgIpc) is 3.41. The first-order chi connectivity index (χ1) is 16.7. The van der Waals surface area contributed by atoms with E-state index >= 15 is 0 Å². The van der Waals surface area contributed by atoms with Gasteiger partial charge in [0.25, 0.3) is 5.91 Å². The van der Waals surface area contributed by atoms with E-state index in [2.05, 4.69) is 29.6 Å². The highest BCUT2D eigenvalue weighted by Gasteiger charge is 2.36. The van der Waals surface area contributed by atoms with Crippen molar-refractivity contribution in [3.8, 4) is 11.1 Å². The van der Waals surface area contributed by atoms with E-state index in [0.717, 1.165) is 27.9 Å². The zero-order valence-corrected chi connectivity index (χ0v) is 19.0. The lowest BCUT2D eigenvalue weighted by Gasteiger charge is -2.18. The van der Waals surface area contributed by atoms with Crippen molar-refractivity contribution in [1.82, 2.24) is 4.90 Å². The molecule has 1 aliphatic carbocycles. The third-order valence-electron chi connectivity index (χ3n) is 6.37. The molecule has 1 N–H and O–H groups in total. The lowest BCUT2D eigenvalue weighted by Crippen LogP contribution is -2.34. The lowest BCUT2D eigenvalue weighted by molar-refractivity contribution is -0.123. The van der Waals surface area contributed by atoms with Crippen LogP contribution in [0.1, 0.15) is 23.5 Å². The molecule has 0 unspecified atom stereocenters. The molecule has 0 saturated carbocycles. The summed E-state index contributed by atoms with van der Waals surface area (Å²) in [7, 11) is 1.58. The molecule has 0 aromatic heterocycles. The molecular weight excluding hydrogens is 428 g/mol. The number of methoxy groups -OCH3 is 1. The number of anilines is 1. The summed E-state index contributed by atoms with van der Waals surface area (Å²) < 4.78 is 11.0. The van der Waals surface area contributed by atoms with Gasteiger partial charge < -0.3 is 14.8 Å². The van der Waals surface area contributed by atoms with Crippen LogP contribution in [0.5, 0.6) is 0 Å². The maximum atomic E-state index is 13.1. The lowest BCUT2D eigenvalue weighted by atomic mass is 9.98. The molecule has 1 saturated heterocycles. The minimum atomic E-state index is -0.613. The first kappa shape index (κ1) is 21.9. The molecule has 6 nitrogen and oxygen atoms in total. The maximum absolute atomic E-state index is 13.1. The Hall–Kier alpha value is -3.90. The fourth-order valence-corrected chi connectivity index (χ4v) is 4.76. The zero-order chi connectivity index (χ0) is 23.5. The van der Waals surface area contributed by atoms with Crippen LogP contribution in [-0.4, -0.2) is 43.8 Å². The highest BCUT2D eigenvalue weighted by Crippen LogP contribution is 2.44. The second-order valence-corrected chi connectivity index (χ2v) is 8.39. The number of likely N-dealkylation sites (tertiary alicyclic amines) is 1. The highest BCUT2D eigenvalue weighted by atomic mass is 16.6. The molecule has 3 aromatic rings. The number of carbonyl (C=O) groups is 2. The molecular formula is C28H26N2O4. The van der Waals surface area contributed by atoms with Gasteiger partial charge >= 0.3 is 6.09 Å². The van der Waals surface area contributed by atoms with Gasteiger partial charge in [0.1, 0.15) is 6.61 Å².